The molecule has 1 heterocycles. The lowest BCUT2D eigenvalue weighted by Crippen LogP contribution is -2.30. The first-order chi connectivity index (χ1) is 11.0. The molecule has 2 aromatic carbocycles. The summed E-state index contributed by atoms with van der Waals surface area (Å²) in [6.45, 7) is 0. The van der Waals surface area contributed by atoms with Gasteiger partial charge in [0.1, 0.15) is 11.4 Å². The highest BCUT2D eigenvalue weighted by Gasteiger charge is 2.38. The number of benzene rings is 2. The molecule has 116 valence electrons. The monoisotopic (exact) mass is 347 g/mol. The van der Waals surface area contributed by atoms with Crippen molar-refractivity contribution >= 4 is 23.2 Å². The van der Waals surface area contributed by atoms with E-state index in [0.29, 0.717) is 16.1 Å². The van der Waals surface area contributed by atoms with Crippen LogP contribution in [0.1, 0.15) is 16.7 Å². The molecule has 1 atom stereocenters. The van der Waals surface area contributed by atoms with E-state index >= 15 is 0 Å². The topological polar surface area (TPSA) is 33.1 Å². The van der Waals surface area contributed by atoms with Gasteiger partial charge in [0, 0.05) is 28.5 Å². The predicted molar refractivity (Wildman–Crippen MR) is 89.2 cm³/mol. The Morgan fingerprint density at radius 1 is 0.913 bits per heavy atom. The van der Waals surface area contributed by atoms with Crippen LogP contribution in [0, 0.1) is 5.82 Å². The lowest BCUT2D eigenvalue weighted by molar-refractivity contribution is 0.121. The summed E-state index contributed by atoms with van der Waals surface area (Å²) in [5.41, 5.74) is -0.936. The molecular weight excluding hydrogens is 336 g/mol. The molecule has 1 unspecified atom stereocenters. The second-order valence-electron chi connectivity index (χ2n) is 5.06. The maximum Gasteiger partial charge on any atom is 0.146 e. The molecule has 0 aliphatic heterocycles. The Morgan fingerprint density at radius 3 is 2.26 bits per heavy atom. The zero-order chi connectivity index (χ0) is 16.4. The van der Waals surface area contributed by atoms with Crippen molar-refractivity contribution in [1.29, 1.82) is 0 Å². The van der Waals surface area contributed by atoms with Crippen LogP contribution in [0.5, 0.6) is 0 Å². The van der Waals surface area contributed by atoms with Gasteiger partial charge in [0.05, 0.1) is 5.02 Å². The first kappa shape index (κ1) is 15.9. The van der Waals surface area contributed by atoms with Crippen LogP contribution in [0.2, 0.25) is 10.0 Å². The highest BCUT2D eigenvalue weighted by Crippen LogP contribution is 2.41. The maximum absolute atomic E-state index is 14.5. The Bertz CT molecular complexity index is 804. The molecule has 0 fully saturated rings. The molecule has 5 heteroatoms. The number of rotatable bonds is 3. The van der Waals surface area contributed by atoms with Crippen molar-refractivity contribution in [1.82, 2.24) is 4.98 Å². The SMILES string of the molecule is OC(c1ccc(Cl)cc1)(c1cccnc1)c1c(F)cccc1Cl. The van der Waals surface area contributed by atoms with E-state index < -0.39 is 11.4 Å². The second-order valence-corrected chi connectivity index (χ2v) is 5.90. The third-order valence-corrected chi connectivity index (χ3v) is 4.23. The number of hydrogen-bond donors (Lipinski definition) is 1. The molecule has 1 N–H and O–H groups in total. The van der Waals surface area contributed by atoms with E-state index in [4.69, 9.17) is 23.2 Å². The molecular formula is C18H12Cl2FNO. The summed E-state index contributed by atoms with van der Waals surface area (Å²) < 4.78 is 14.5. The molecule has 0 saturated carbocycles. The molecule has 0 spiro atoms. The summed E-state index contributed by atoms with van der Waals surface area (Å²) >= 11 is 12.1. The van der Waals surface area contributed by atoms with Gasteiger partial charge >= 0.3 is 0 Å². The molecule has 23 heavy (non-hydrogen) atoms. The van der Waals surface area contributed by atoms with Crippen molar-refractivity contribution in [2.45, 2.75) is 5.60 Å². The van der Waals surface area contributed by atoms with Crippen molar-refractivity contribution < 1.29 is 9.50 Å². The summed E-state index contributed by atoms with van der Waals surface area (Å²) in [6.07, 6.45) is 3.06. The van der Waals surface area contributed by atoms with Gasteiger partial charge in [0.25, 0.3) is 0 Å². The van der Waals surface area contributed by atoms with E-state index in [9.17, 15) is 9.50 Å². The number of pyridine rings is 1. The molecule has 3 rings (SSSR count). The molecule has 2 nitrogen and oxygen atoms in total. The first-order valence-corrected chi connectivity index (χ1v) is 7.62. The zero-order valence-corrected chi connectivity index (χ0v) is 13.4. The highest BCUT2D eigenvalue weighted by atomic mass is 35.5. The average molecular weight is 348 g/mol. The van der Waals surface area contributed by atoms with Crippen LogP contribution in [-0.4, -0.2) is 10.1 Å². The van der Waals surface area contributed by atoms with Crippen molar-refractivity contribution in [2.24, 2.45) is 0 Å². The van der Waals surface area contributed by atoms with Crippen LogP contribution in [0.3, 0.4) is 0 Å². The Hall–Kier alpha value is -1.94. The van der Waals surface area contributed by atoms with E-state index in [-0.39, 0.29) is 10.6 Å². The van der Waals surface area contributed by atoms with E-state index in [2.05, 4.69) is 4.98 Å². The number of halogens is 3. The highest BCUT2D eigenvalue weighted by molar-refractivity contribution is 6.31. The van der Waals surface area contributed by atoms with Gasteiger partial charge in [-0.05, 0) is 35.9 Å². The Kier molecular flexibility index (Phi) is 4.35. The molecule has 0 amide bonds. The van der Waals surface area contributed by atoms with Gasteiger partial charge in [-0.3, -0.25) is 4.98 Å². The average Bonchev–Trinajstić information content (AvgIpc) is 2.56. The molecule has 3 aromatic rings. The van der Waals surface area contributed by atoms with E-state index in [1.165, 1.54) is 24.4 Å². The molecule has 0 radical (unpaired) electrons. The standard InChI is InChI=1S/C18H12Cl2FNO/c19-14-8-6-12(7-9-14)18(23,13-3-2-10-22-11-13)17-15(20)4-1-5-16(17)21/h1-11,23H. The van der Waals surface area contributed by atoms with E-state index in [1.807, 2.05) is 0 Å². The predicted octanol–water partition coefficient (Wildman–Crippen LogP) is 4.81. The molecule has 0 bridgehead atoms. The number of aromatic nitrogens is 1. The van der Waals surface area contributed by atoms with Gasteiger partial charge in [-0.2, -0.15) is 0 Å². The summed E-state index contributed by atoms with van der Waals surface area (Å²) in [4.78, 5) is 4.03. The van der Waals surface area contributed by atoms with Crippen molar-refractivity contribution in [3.05, 3.63) is 99.5 Å². The fourth-order valence-corrected chi connectivity index (χ4v) is 2.99. The minimum Gasteiger partial charge on any atom is -0.376 e. The van der Waals surface area contributed by atoms with Gasteiger partial charge in [-0.15, -0.1) is 0 Å². The Balaban J connectivity index is 2.33. The number of aliphatic hydroxyl groups is 1. The summed E-state index contributed by atoms with van der Waals surface area (Å²) in [5, 5.41) is 12.1. The van der Waals surface area contributed by atoms with Crippen LogP contribution in [0.25, 0.3) is 0 Å². The number of hydrogen-bond acceptors (Lipinski definition) is 2. The largest absolute Gasteiger partial charge is 0.376 e. The third-order valence-electron chi connectivity index (χ3n) is 3.67. The van der Waals surface area contributed by atoms with Crippen LogP contribution in [0.4, 0.5) is 4.39 Å². The van der Waals surface area contributed by atoms with Crippen LogP contribution < -0.4 is 0 Å². The van der Waals surface area contributed by atoms with Crippen LogP contribution in [0.15, 0.2) is 67.0 Å². The fourth-order valence-electron chi connectivity index (χ4n) is 2.57. The maximum atomic E-state index is 14.5. The van der Waals surface area contributed by atoms with Crippen molar-refractivity contribution in [3.8, 4) is 0 Å². The normalized spacial score (nSPS) is 13.6. The smallest absolute Gasteiger partial charge is 0.146 e. The minimum atomic E-state index is -1.78. The van der Waals surface area contributed by atoms with Gasteiger partial charge in [-0.1, -0.05) is 47.5 Å². The van der Waals surface area contributed by atoms with Crippen molar-refractivity contribution in [2.75, 3.05) is 0 Å². The van der Waals surface area contributed by atoms with Gasteiger partial charge in [0.2, 0.25) is 0 Å². The van der Waals surface area contributed by atoms with Gasteiger partial charge in [-0.25, -0.2) is 4.39 Å². The van der Waals surface area contributed by atoms with Crippen molar-refractivity contribution in [3.63, 3.8) is 0 Å². The zero-order valence-electron chi connectivity index (χ0n) is 11.9. The second kappa shape index (κ2) is 6.28. The summed E-state index contributed by atoms with van der Waals surface area (Å²) in [6, 6.07) is 14.2. The summed E-state index contributed by atoms with van der Waals surface area (Å²) in [7, 11) is 0. The first-order valence-electron chi connectivity index (χ1n) is 6.87. The minimum absolute atomic E-state index is 0.0167. The third kappa shape index (κ3) is 2.83. The quantitative estimate of drug-likeness (QED) is 0.737. The fraction of sp³-hybridized carbons (Fsp3) is 0.0556. The summed E-state index contributed by atoms with van der Waals surface area (Å²) in [5.74, 6) is -0.598. The molecule has 0 aliphatic rings. The van der Waals surface area contributed by atoms with Gasteiger partial charge < -0.3 is 5.11 Å². The van der Waals surface area contributed by atoms with Gasteiger partial charge in [0.15, 0.2) is 0 Å². The van der Waals surface area contributed by atoms with E-state index in [0.717, 1.165) is 0 Å². The Labute approximate surface area is 143 Å². The lowest BCUT2D eigenvalue weighted by Gasteiger charge is -2.30. The lowest BCUT2D eigenvalue weighted by atomic mass is 9.81. The van der Waals surface area contributed by atoms with Crippen LogP contribution in [-0.2, 0) is 5.60 Å². The Morgan fingerprint density at radius 2 is 1.65 bits per heavy atom. The molecule has 1 aromatic heterocycles. The van der Waals surface area contributed by atoms with E-state index in [1.54, 1.807) is 42.6 Å². The van der Waals surface area contributed by atoms with Crippen LogP contribution >= 0.6 is 23.2 Å². The molecule has 0 aliphatic carbocycles. The number of nitrogens with zero attached hydrogens (tertiary/aromatic N) is 1. The molecule has 0 saturated heterocycles.